The number of hydrogen-bond acceptors (Lipinski definition) is 3. The van der Waals surface area contributed by atoms with Crippen molar-refractivity contribution in [3.63, 3.8) is 0 Å². The first-order chi connectivity index (χ1) is 12.4. The first kappa shape index (κ1) is 19.5. The molecule has 0 aliphatic carbocycles. The van der Waals surface area contributed by atoms with Crippen molar-refractivity contribution in [3.05, 3.63) is 65.2 Å². The molecule has 2 rings (SSSR count). The molecule has 26 heavy (non-hydrogen) atoms. The Labute approximate surface area is 158 Å². The number of amides is 2. The highest BCUT2D eigenvalue weighted by molar-refractivity contribution is 6.30. The molecule has 0 radical (unpaired) electrons. The molecule has 0 bridgehead atoms. The van der Waals surface area contributed by atoms with Crippen molar-refractivity contribution < 1.29 is 14.3 Å². The van der Waals surface area contributed by atoms with Crippen molar-refractivity contribution in [2.75, 3.05) is 25.5 Å². The van der Waals surface area contributed by atoms with Gasteiger partial charge in [0.05, 0.1) is 6.54 Å². The van der Waals surface area contributed by atoms with E-state index in [-0.39, 0.29) is 11.8 Å². The SMILES string of the molecule is CC(=O)Nc1ccc(/C=C/C(=O)N(C)CCOc2ccc(Cl)cc2)cc1. The van der Waals surface area contributed by atoms with Gasteiger partial charge in [0.1, 0.15) is 12.4 Å². The molecule has 6 heteroatoms. The highest BCUT2D eigenvalue weighted by atomic mass is 35.5. The number of benzene rings is 2. The number of likely N-dealkylation sites (N-methyl/N-ethyl adjacent to an activating group) is 1. The predicted octanol–water partition coefficient (Wildman–Crippen LogP) is 3.85. The standard InChI is InChI=1S/C20H21ClN2O3/c1-15(24)22-18-8-3-16(4-9-18)5-12-20(25)23(2)13-14-26-19-10-6-17(21)7-11-19/h3-12H,13-14H2,1-2H3,(H,22,24)/b12-5+. The Morgan fingerprint density at radius 1 is 1.12 bits per heavy atom. The normalized spacial score (nSPS) is 10.6. The van der Waals surface area contributed by atoms with Crippen molar-refractivity contribution in [1.29, 1.82) is 0 Å². The lowest BCUT2D eigenvalue weighted by Gasteiger charge is -2.15. The van der Waals surface area contributed by atoms with Gasteiger partial charge in [-0.15, -0.1) is 0 Å². The maximum absolute atomic E-state index is 12.1. The van der Waals surface area contributed by atoms with Gasteiger partial charge in [-0.3, -0.25) is 9.59 Å². The molecule has 0 aliphatic heterocycles. The summed E-state index contributed by atoms with van der Waals surface area (Å²) in [4.78, 5) is 24.7. The van der Waals surface area contributed by atoms with Gasteiger partial charge in [-0.05, 0) is 48.0 Å². The number of nitrogens with zero attached hydrogens (tertiary/aromatic N) is 1. The minimum Gasteiger partial charge on any atom is -0.492 e. The molecule has 0 unspecified atom stereocenters. The number of hydrogen-bond donors (Lipinski definition) is 1. The van der Waals surface area contributed by atoms with E-state index in [1.165, 1.54) is 13.0 Å². The summed E-state index contributed by atoms with van der Waals surface area (Å²) in [7, 11) is 1.72. The second-order valence-corrected chi connectivity index (χ2v) is 6.14. The zero-order valence-electron chi connectivity index (χ0n) is 14.7. The summed E-state index contributed by atoms with van der Waals surface area (Å²) in [5.41, 5.74) is 1.59. The first-order valence-electron chi connectivity index (χ1n) is 8.13. The fraction of sp³-hybridized carbons (Fsp3) is 0.200. The zero-order chi connectivity index (χ0) is 18.9. The number of ether oxygens (including phenoxy) is 1. The van der Waals surface area contributed by atoms with Crippen molar-refractivity contribution in [2.45, 2.75) is 6.92 Å². The van der Waals surface area contributed by atoms with Crippen molar-refractivity contribution in [1.82, 2.24) is 4.90 Å². The number of nitrogens with one attached hydrogen (secondary N) is 1. The Morgan fingerprint density at radius 2 is 1.77 bits per heavy atom. The van der Waals surface area contributed by atoms with E-state index in [1.54, 1.807) is 54.4 Å². The number of anilines is 1. The van der Waals surface area contributed by atoms with Gasteiger partial charge in [0.15, 0.2) is 0 Å². The summed E-state index contributed by atoms with van der Waals surface area (Å²) in [5.74, 6) is 0.478. The molecule has 5 nitrogen and oxygen atoms in total. The fourth-order valence-electron chi connectivity index (χ4n) is 2.12. The first-order valence-corrected chi connectivity index (χ1v) is 8.51. The van der Waals surface area contributed by atoms with E-state index < -0.39 is 0 Å². The predicted molar refractivity (Wildman–Crippen MR) is 104 cm³/mol. The minimum absolute atomic E-state index is 0.115. The number of carbonyl (C=O) groups is 2. The minimum atomic E-state index is -0.120. The number of rotatable bonds is 7. The van der Waals surface area contributed by atoms with Crippen LogP contribution in [-0.4, -0.2) is 36.9 Å². The van der Waals surface area contributed by atoms with E-state index in [2.05, 4.69) is 5.32 Å². The summed E-state index contributed by atoms with van der Waals surface area (Å²) in [5, 5.41) is 3.35. The van der Waals surface area contributed by atoms with Crippen LogP contribution >= 0.6 is 11.6 Å². The Balaban J connectivity index is 1.79. The zero-order valence-corrected chi connectivity index (χ0v) is 15.5. The summed E-state index contributed by atoms with van der Waals surface area (Å²) in [6.07, 6.45) is 3.24. The van der Waals surface area contributed by atoms with E-state index in [0.717, 1.165) is 11.3 Å². The van der Waals surface area contributed by atoms with Crippen LogP contribution in [0.25, 0.3) is 6.08 Å². The summed E-state index contributed by atoms with van der Waals surface area (Å²) >= 11 is 5.82. The second-order valence-electron chi connectivity index (χ2n) is 5.70. The quantitative estimate of drug-likeness (QED) is 0.751. The summed E-state index contributed by atoms with van der Waals surface area (Å²) in [6, 6.07) is 14.3. The van der Waals surface area contributed by atoms with Crippen LogP contribution in [0.15, 0.2) is 54.6 Å². The van der Waals surface area contributed by atoms with Gasteiger partial charge in [-0.2, -0.15) is 0 Å². The molecule has 0 atom stereocenters. The van der Waals surface area contributed by atoms with E-state index >= 15 is 0 Å². The van der Waals surface area contributed by atoms with Gasteiger partial charge in [-0.1, -0.05) is 23.7 Å². The smallest absolute Gasteiger partial charge is 0.246 e. The topological polar surface area (TPSA) is 58.6 Å². The Hall–Kier alpha value is -2.79. The Kier molecular flexibility index (Phi) is 7.24. The lowest BCUT2D eigenvalue weighted by molar-refractivity contribution is -0.125. The average Bonchev–Trinajstić information content (AvgIpc) is 2.62. The largest absolute Gasteiger partial charge is 0.492 e. The van der Waals surface area contributed by atoms with Gasteiger partial charge in [0.2, 0.25) is 11.8 Å². The van der Waals surface area contributed by atoms with Crippen LogP contribution in [0.4, 0.5) is 5.69 Å². The summed E-state index contributed by atoms with van der Waals surface area (Å²) < 4.78 is 5.58. The molecule has 0 saturated heterocycles. The molecular weight excluding hydrogens is 352 g/mol. The Bertz CT molecular complexity index is 771. The molecule has 0 spiro atoms. The maximum atomic E-state index is 12.1. The molecule has 136 valence electrons. The molecule has 2 amide bonds. The third-order valence-electron chi connectivity index (χ3n) is 3.53. The van der Waals surface area contributed by atoms with Crippen LogP contribution in [0.5, 0.6) is 5.75 Å². The van der Waals surface area contributed by atoms with Gasteiger partial charge >= 0.3 is 0 Å². The van der Waals surface area contributed by atoms with E-state index in [1.807, 2.05) is 12.1 Å². The monoisotopic (exact) mass is 372 g/mol. The third kappa shape index (κ3) is 6.61. The van der Waals surface area contributed by atoms with Gasteiger partial charge in [0.25, 0.3) is 0 Å². The second kappa shape index (κ2) is 9.63. The maximum Gasteiger partial charge on any atom is 0.246 e. The van der Waals surface area contributed by atoms with Crippen molar-refractivity contribution in [3.8, 4) is 5.75 Å². The molecule has 0 fully saturated rings. The Morgan fingerprint density at radius 3 is 2.38 bits per heavy atom. The fourth-order valence-corrected chi connectivity index (χ4v) is 2.24. The van der Waals surface area contributed by atoms with Crippen LogP contribution in [0.2, 0.25) is 5.02 Å². The molecule has 2 aromatic carbocycles. The molecule has 0 saturated carbocycles. The van der Waals surface area contributed by atoms with Crippen LogP contribution < -0.4 is 10.1 Å². The van der Waals surface area contributed by atoms with Crippen LogP contribution in [0.3, 0.4) is 0 Å². The van der Waals surface area contributed by atoms with Gasteiger partial charge in [0, 0.05) is 30.8 Å². The highest BCUT2D eigenvalue weighted by Gasteiger charge is 2.05. The molecule has 2 aromatic rings. The van der Waals surface area contributed by atoms with E-state index in [4.69, 9.17) is 16.3 Å². The third-order valence-corrected chi connectivity index (χ3v) is 3.79. The lowest BCUT2D eigenvalue weighted by atomic mass is 10.2. The number of carbonyl (C=O) groups excluding carboxylic acids is 2. The molecule has 0 aromatic heterocycles. The highest BCUT2D eigenvalue weighted by Crippen LogP contribution is 2.15. The van der Waals surface area contributed by atoms with Crippen LogP contribution in [0, 0.1) is 0 Å². The number of halogens is 1. The van der Waals surface area contributed by atoms with E-state index in [9.17, 15) is 9.59 Å². The molecule has 0 heterocycles. The molecule has 1 N–H and O–H groups in total. The summed E-state index contributed by atoms with van der Waals surface area (Å²) in [6.45, 7) is 2.31. The van der Waals surface area contributed by atoms with Crippen LogP contribution in [0.1, 0.15) is 12.5 Å². The molecular formula is C20H21ClN2O3. The van der Waals surface area contributed by atoms with Gasteiger partial charge < -0.3 is 15.0 Å². The molecule has 0 aliphatic rings. The van der Waals surface area contributed by atoms with Crippen LogP contribution in [-0.2, 0) is 9.59 Å². The van der Waals surface area contributed by atoms with Crippen molar-refractivity contribution >= 4 is 35.2 Å². The lowest BCUT2D eigenvalue weighted by Crippen LogP contribution is -2.29. The van der Waals surface area contributed by atoms with E-state index in [0.29, 0.717) is 23.9 Å². The average molecular weight is 373 g/mol. The van der Waals surface area contributed by atoms with Gasteiger partial charge in [-0.25, -0.2) is 0 Å². The van der Waals surface area contributed by atoms with Crippen molar-refractivity contribution in [2.24, 2.45) is 0 Å².